The van der Waals surface area contributed by atoms with Gasteiger partial charge in [0.25, 0.3) is 5.82 Å². The van der Waals surface area contributed by atoms with E-state index in [0.717, 1.165) is 0 Å². The van der Waals surface area contributed by atoms with E-state index in [-0.39, 0.29) is 24.9 Å². The minimum absolute atomic E-state index is 0.0972. The second-order valence-electron chi connectivity index (χ2n) is 4.31. The fourth-order valence-corrected chi connectivity index (χ4v) is 1.83. The first-order chi connectivity index (χ1) is 11.1. The number of hydrogen-bond donors (Lipinski definition) is 0. The van der Waals surface area contributed by atoms with Crippen LogP contribution in [0, 0.1) is 0 Å². The summed E-state index contributed by atoms with van der Waals surface area (Å²) < 4.78 is 16.1. The molecule has 2 aromatic rings. The molecule has 0 N–H and O–H groups in total. The van der Waals surface area contributed by atoms with Crippen molar-refractivity contribution in [3.63, 3.8) is 0 Å². The zero-order valence-electron chi connectivity index (χ0n) is 13.1. The summed E-state index contributed by atoms with van der Waals surface area (Å²) in [6.45, 7) is 3.72. The average Bonchev–Trinajstić information content (AvgIpc) is 3.01. The number of carbonyl (C=O) groups excluding carboxylic acids is 2. The molecule has 0 aliphatic heterocycles. The third-order valence-electron chi connectivity index (χ3n) is 2.84. The van der Waals surface area contributed by atoms with Crippen molar-refractivity contribution >= 4 is 11.9 Å². The molecule has 1 aromatic carbocycles. The third kappa shape index (κ3) is 3.65. The van der Waals surface area contributed by atoms with Crippen LogP contribution in [-0.2, 0) is 9.47 Å². The summed E-state index contributed by atoms with van der Waals surface area (Å²) in [6.07, 6.45) is 0. The van der Waals surface area contributed by atoms with Crippen LogP contribution >= 0.6 is 0 Å². The summed E-state index contributed by atoms with van der Waals surface area (Å²) in [7, 11) is 1.55. The molecule has 0 fully saturated rings. The van der Waals surface area contributed by atoms with Crippen LogP contribution in [0.3, 0.4) is 0 Å². The molecule has 0 aliphatic rings. The standard InChI is InChI=1S/C15H17N3O5/c1-4-22-14(19)12-16-13(15(20)23-5-2)18(17-12)10-6-8-11(21-3)9-7-10/h6-9H,4-5H2,1-3H3. The molecule has 0 saturated heterocycles. The molecule has 0 spiro atoms. The lowest BCUT2D eigenvalue weighted by molar-refractivity contribution is 0.0508. The zero-order valence-corrected chi connectivity index (χ0v) is 13.1. The van der Waals surface area contributed by atoms with E-state index < -0.39 is 11.9 Å². The molecule has 2 rings (SSSR count). The van der Waals surface area contributed by atoms with Crippen LogP contribution in [0.4, 0.5) is 0 Å². The topological polar surface area (TPSA) is 92.5 Å². The van der Waals surface area contributed by atoms with Crippen molar-refractivity contribution in [3.8, 4) is 11.4 Å². The average molecular weight is 319 g/mol. The SMILES string of the molecule is CCOC(=O)c1nc(C(=O)OCC)n(-c2ccc(OC)cc2)n1. The number of carbonyl (C=O) groups is 2. The van der Waals surface area contributed by atoms with Gasteiger partial charge in [0.1, 0.15) is 5.75 Å². The lowest BCUT2D eigenvalue weighted by Gasteiger charge is -2.06. The Morgan fingerprint density at radius 1 is 1.04 bits per heavy atom. The fourth-order valence-electron chi connectivity index (χ4n) is 1.83. The predicted octanol–water partition coefficient (Wildman–Crippen LogP) is 1.63. The Morgan fingerprint density at radius 2 is 1.65 bits per heavy atom. The Balaban J connectivity index is 2.45. The molecule has 0 bridgehead atoms. The van der Waals surface area contributed by atoms with Gasteiger partial charge in [-0.15, -0.1) is 5.10 Å². The van der Waals surface area contributed by atoms with Crippen LogP contribution in [-0.4, -0.2) is 47.0 Å². The monoisotopic (exact) mass is 319 g/mol. The number of methoxy groups -OCH3 is 1. The van der Waals surface area contributed by atoms with E-state index in [2.05, 4.69) is 10.1 Å². The first-order valence-corrected chi connectivity index (χ1v) is 7.06. The molecular weight excluding hydrogens is 302 g/mol. The van der Waals surface area contributed by atoms with Gasteiger partial charge in [-0.05, 0) is 38.1 Å². The second kappa shape index (κ2) is 7.39. The molecule has 0 radical (unpaired) electrons. The lowest BCUT2D eigenvalue weighted by atomic mass is 10.3. The van der Waals surface area contributed by atoms with Gasteiger partial charge >= 0.3 is 11.9 Å². The van der Waals surface area contributed by atoms with Crippen LogP contribution in [0.2, 0.25) is 0 Å². The van der Waals surface area contributed by atoms with Crippen molar-refractivity contribution < 1.29 is 23.8 Å². The fraction of sp³-hybridized carbons (Fsp3) is 0.333. The summed E-state index contributed by atoms with van der Waals surface area (Å²) in [5.74, 6) is -1.03. The van der Waals surface area contributed by atoms with E-state index in [1.165, 1.54) is 4.68 Å². The van der Waals surface area contributed by atoms with Crippen LogP contribution in [0.15, 0.2) is 24.3 Å². The maximum atomic E-state index is 12.0. The number of rotatable bonds is 6. The third-order valence-corrected chi connectivity index (χ3v) is 2.84. The van der Waals surface area contributed by atoms with Gasteiger partial charge in [0, 0.05) is 0 Å². The Hall–Kier alpha value is -2.90. The van der Waals surface area contributed by atoms with Crippen molar-refractivity contribution in [1.29, 1.82) is 0 Å². The van der Waals surface area contributed by atoms with Gasteiger partial charge in [0.15, 0.2) is 0 Å². The van der Waals surface area contributed by atoms with Gasteiger partial charge in [-0.25, -0.2) is 14.3 Å². The normalized spacial score (nSPS) is 10.2. The van der Waals surface area contributed by atoms with Crippen molar-refractivity contribution in [2.24, 2.45) is 0 Å². The maximum Gasteiger partial charge on any atom is 0.378 e. The first-order valence-electron chi connectivity index (χ1n) is 7.06. The molecule has 1 heterocycles. The van der Waals surface area contributed by atoms with E-state index in [1.807, 2.05) is 0 Å². The summed E-state index contributed by atoms with van der Waals surface area (Å²) in [5, 5.41) is 4.05. The highest BCUT2D eigenvalue weighted by Crippen LogP contribution is 2.16. The first kappa shape index (κ1) is 16.5. The summed E-state index contributed by atoms with van der Waals surface area (Å²) in [4.78, 5) is 27.8. The lowest BCUT2D eigenvalue weighted by Crippen LogP contribution is -2.13. The molecule has 8 nitrogen and oxygen atoms in total. The number of nitrogens with zero attached hydrogens (tertiary/aromatic N) is 3. The van der Waals surface area contributed by atoms with Crippen molar-refractivity contribution in [3.05, 3.63) is 35.9 Å². The molecule has 8 heteroatoms. The maximum absolute atomic E-state index is 12.0. The number of benzene rings is 1. The van der Waals surface area contributed by atoms with Crippen molar-refractivity contribution in [2.75, 3.05) is 20.3 Å². The van der Waals surface area contributed by atoms with Gasteiger partial charge in [-0.1, -0.05) is 0 Å². The molecule has 1 aromatic heterocycles. The molecule has 0 aliphatic carbocycles. The summed E-state index contributed by atoms with van der Waals surface area (Å²) in [5.41, 5.74) is 0.539. The van der Waals surface area contributed by atoms with Crippen LogP contribution in [0.25, 0.3) is 5.69 Å². The Morgan fingerprint density at radius 3 is 2.22 bits per heavy atom. The molecule has 0 saturated carbocycles. The van der Waals surface area contributed by atoms with Crippen LogP contribution in [0.1, 0.15) is 35.1 Å². The van der Waals surface area contributed by atoms with Crippen LogP contribution < -0.4 is 4.74 Å². The van der Waals surface area contributed by atoms with E-state index in [9.17, 15) is 9.59 Å². The highest BCUT2D eigenvalue weighted by atomic mass is 16.5. The molecule has 122 valence electrons. The molecule has 0 amide bonds. The van der Waals surface area contributed by atoms with E-state index in [1.54, 1.807) is 45.2 Å². The minimum Gasteiger partial charge on any atom is -0.497 e. The predicted molar refractivity (Wildman–Crippen MR) is 79.8 cm³/mol. The van der Waals surface area contributed by atoms with Gasteiger partial charge in [-0.2, -0.15) is 4.98 Å². The highest BCUT2D eigenvalue weighted by molar-refractivity contribution is 5.90. The Labute approximate surface area is 133 Å². The van der Waals surface area contributed by atoms with Gasteiger partial charge in [0.2, 0.25) is 5.82 Å². The molecule has 0 unspecified atom stereocenters. The van der Waals surface area contributed by atoms with Gasteiger partial charge in [-0.3, -0.25) is 0 Å². The van der Waals surface area contributed by atoms with Crippen LogP contribution in [0.5, 0.6) is 5.75 Å². The number of esters is 2. The largest absolute Gasteiger partial charge is 0.497 e. The zero-order chi connectivity index (χ0) is 16.8. The second-order valence-corrected chi connectivity index (χ2v) is 4.31. The number of hydrogen-bond acceptors (Lipinski definition) is 7. The Kier molecular flexibility index (Phi) is 5.29. The summed E-state index contributed by atoms with van der Waals surface area (Å²) >= 11 is 0. The number of ether oxygens (including phenoxy) is 3. The number of aromatic nitrogens is 3. The van der Waals surface area contributed by atoms with Crippen molar-refractivity contribution in [2.45, 2.75) is 13.8 Å². The minimum atomic E-state index is -0.703. The van der Waals surface area contributed by atoms with E-state index in [4.69, 9.17) is 14.2 Å². The van der Waals surface area contributed by atoms with Gasteiger partial charge in [0.05, 0.1) is 26.0 Å². The summed E-state index contributed by atoms with van der Waals surface area (Å²) in [6, 6.07) is 6.78. The smallest absolute Gasteiger partial charge is 0.378 e. The van der Waals surface area contributed by atoms with Crippen molar-refractivity contribution in [1.82, 2.24) is 14.8 Å². The quantitative estimate of drug-likeness (QED) is 0.747. The Bertz CT molecular complexity index is 694. The molecule has 23 heavy (non-hydrogen) atoms. The highest BCUT2D eigenvalue weighted by Gasteiger charge is 2.24. The molecular formula is C15H17N3O5. The molecule has 0 atom stereocenters. The van der Waals surface area contributed by atoms with Gasteiger partial charge < -0.3 is 14.2 Å². The van der Waals surface area contributed by atoms with E-state index >= 15 is 0 Å². The van der Waals surface area contributed by atoms with E-state index in [0.29, 0.717) is 11.4 Å².